The first-order valence-electron chi connectivity index (χ1n) is 10.2. The highest BCUT2D eigenvalue weighted by molar-refractivity contribution is 7.99. The van der Waals surface area contributed by atoms with Gasteiger partial charge in [-0.25, -0.2) is 4.98 Å². The average Bonchev–Trinajstić information content (AvgIpc) is 2.78. The number of aliphatic hydroxyl groups is 1. The Morgan fingerprint density at radius 3 is 2.52 bits per heavy atom. The highest BCUT2D eigenvalue weighted by Gasteiger charge is 2.16. The van der Waals surface area contributed by atoms with Gasteiger partial charge in [0.25, 0.3) is 0 Å². The summed E-state index contributed by atoms with van der Waals surface area (Å²) in [5.74, 6) is 2.44. The van der Waals surface area contributed by atoms with Crippen molar-refractivity contribution in [3.8, 4) is 17.0 Å². The summed E-state index contributed by atoms with van der Waals surface area (Å²) in [5.41, 5.74) is 3.70. The van der Waals surface area contributed by atoms with Crippen LogP contribution < -0.4 is 4.74 Å². The second kappa shape index (κ2) is 10.6. The molecule has 2 aromatic carbocycles. The van der Waals surface area contributed by atoms with Gasteiger partial charge in [-0.05, 0) is 42.9 Å². The maximum atomic E-state index is 11.0. The topological polar surface area (TPSA) is 45.6 Å². The number of methoxy groups -OCH3 is 1. The van der Waals surface area contributed by atoms with Crippen LogP contribution in [-0.2, 0) is 0 Å². The molecule has 0 saturated heterocycles. The van der Waals surface area contributed by atoms with Crippen LogP contribution in [0.4, 0.5) is 0 Å². The summed E-state index contributed by atoms with van der Waals surface area (Å²) in [6.07, 6.45) is -0.559. The van der Waals surface area contributed by atoms with Crippen molar-refractivity contribution in [1.29, 1.82) is 0 Å². The second-order valence-corrected chi connectivity index (χ2v) is 8.11. The Morgan fingerprint density at radius 2 is 1.83 bits per heavy atom. The summed E-state index contributed by atoms with van der Waals surface area (Å²) in [4.78, 5) is 7.23. The second-order valence-electron chi connectivity index (χ2n) is 6.96. The zero-order valence-corrected chi connectivity index (χ0v) is 18.3. The third-order valence-corrected chi connectivity index (χ3v) is 6.22. The molecule has 5 heteroatoms. The van der Waals surface area contributed by atoms with Gasteiger partial charge in [0, 0.05) is 29.0 Å². The maximum Gasteiger partial charge on any atom is 0.119 e. The summed E-state index contributed by atoms with van der Waals surface area (Å²) in [6, 6.07) is 18.0. The van der Waals surface area contributed by atoms with Crippen molar-refractivity contribution in [1.82, 2.24) is 9.88 Å². The molecule has 0 aliphatic heterocycles. The van der Waals surface area contributed by atoms with E-state index in [1.165, 1.54) is 0 Å². The summed E-state index contributed by atoms with van der Waals surface area (Å²) < 4.78 is 5.40. The maximum absolute atomic E-state index is 11.0. The van der Waals surface area contributed by atoms with E-state index >= 15 is 0 Å². The third-order valence-electron chi connectivity index (χ3n) is 5.20. The Hall–Kier alpha value is -2.08. The minimum absolute atomic E-state index is 0.559. The third kappa shape index (κ3) is 5.50. The molecule has 1 heterocycles. The lowest BCUT2D eigenvalue weighted by atomic mass is 10.0. The zero-order chi connectivity index (χ0) is 20.6. The molecule has 4 nitrogen and oxygen atoms in total. The van der Waals surface area contributed by atoms with E-state index in [-0.39, 0.29) is 0 Å². The van der Waals surface area contributed by atoms with E-state index in [0.29, 0.717) is 5.75 Å². The van der Waals surface area contributed by atoms with E-state index in [0.717, 1.165) is 58.9 Å². The number of nitrogens with zero attached hydrogens (tertiary/aromatic N) is 2. The minimum Gasteiger partial charge on any atom is -0.497 e. The van der Waals surface area contributed by atoms with Crippen molar-refractivity contribution in [3.63, 3.8) is 0 Å². The van der Waals surface area contributed by atoms with Crippen LogP contribution in [0.25, 0.3) is 22.2 Å². The van der Waals surface area contributed by atoms with Gasteiger partial charge in [0.2, 0.25) is 0 Å². The molecule has 0 bridgehead atoms. The standard InChI is InChI=1S/C24H30N2O2S/c1-4-26(5-2)13-14-29-17-24(27)21-16-23(18-9-7-6-8-10-18)25-22-12-11-19(28-3)15-20(21)22/h6-12,15-16,24,27H,4-5,13-14,17H2,1-3H3/t24-/m1/s1. The monoisotopic (exact) mass is 410 g/mol. The van der Waals surface area contributed by atoms with Crippen molar-refractivity contribution in [2.45, 2.75) is 20.0 Å². The van der Waals surface area contributed by atoms with Crippen molar-refractivity contribution in [2.75, 3.05) is 38.2 Å². The molecule has 0 radical (unpaired) electrons. The highest BCUT2D eigenvalue weighted by Crippen LogP contribution is 2.32. The Balaban J connectivity index is 1.87. The molecule has 0 spiro atoms. The van der Waals surface area contributed by atoms with Crippen molar-refractivity contribution >= 4 is 22.7 Å². The first-order valence-corrected chi connectivity index (χ1v) is 11.3. The van der Waals surface area contributed by atoms with Crippen LogP contribution in [0.3, 0.4) is 0 Å². The summed E-state index contributed by atoms with van der Waals surface area (Å²) in [5, 5.41) is 12.0. The molecule has 0 fully saturated rings. The number of aliphatic hydroxyl groups excluding tert-OH is 1. The average molecular weight is 411 g/mol. The lowest BCUT2D eigenvalue weighted by Crippen LogP contribution is -2.25. The van der Waals surface area contributed by atoms with Crippen LogP contribution in [-0.4, -0.2) is 53.2 Å². The van der Waals surface area contributed by atoms with Crippen LogP contribution in [0.2, 0.25) is 0 Å². The number of benzene rings is 2. The number of fused-ring (bicyclic) bond motifs is 1. The smallest absolute Gasteiger partial charge is 0.119 e. The molecule has 0 aliphatic rings. The number of aromatic nitrogens is 1. The lowest BCUT2D eigenvalue weighted by Gasteiger charge is -2.19. The van der Waals surface area contributed by atoms with E-state index in [4.69, 9.17) is 9.72 Å². The largest absolute Gasteiger partial charge is 0.497 e. The molecule has 3 rings (SSSR count). The Morgan fingerprint density at radius 1 is 1.07 bits per heavy atom. The number of pyridine rings is 1. The first kappa shape index (κ1) is 21.6. The summed E-state index contributed by atoms with van der Waals surface area (Å²) >= 11 is 1.79. The van der Waals surface area contributed by atoms with Gasteiger partial charge in [-0.2, -0.15) is 11.8 Å². The predicted octanol–water partition coefficient (Wildman–Crippen LogP) is 5.02. The normalized spacial score (nSPS) is 12.4. The molecule has 1 aromatic heterocycles. The summed E-state index contributed by atoms with van der Waals surface area (Å²) in [7, 11) is 1.66. The molecule has 0 amide bonds. The Bertz CT molecular complexity index is 913. The van der Waals surface area contributed by atoms with E-state index < -0.39 is 6.10 Å². The molecule has 154 valence electrons. The lowest BCUT2D eigenvalue weighted by molar-refractivity contribution is 0.205. The predicted molar refractivity (Wildman–Crippen MR) is 124 cm³/mol. The molecular weight excluding hydrogens is 380 g/mol. The number of hydrogen-bond donors (Lipinski definition) is 1. The van der Waals surface area contributed by atoms with Gasteiger partial charge < -0.3 is 14.7 Å². The van der Waals surface area contributed by atoms with Gasteiger partial charge in [0.1, 0.15) is 5.75 Å². The number of ether oxygens (including phenoxy) is 1. The molecule has 3 aromatic rings. The van der Waals surface area contributed by atoms with Crippen LogP contribution in [0.5, 0.6) is 5.75 Å². The van der Waals surface area contributed by atoms with Gasteiger partial charge >= 0.3 is 0 Å². The van der Waals surface area contributed by atoms with Crippen molar-refractivity contribution < 1.29 is 9.84 Å². The van der Waals surface area contributed by atoms with Crippen LogP contribution >= 0.6 is 11.8 Å². The molecule has 1 atom stereocenters. The van der Waals surface area contributed by atoms with Gasteiger partial charge in [0.15, 0.2) is 0 Å². The molecule has 0 unspecified atom stereocenters. The van der Waals surface area contributed by atoms with Crippen LogP contribution in [0.1, 0.15) is 25.5 Å². The number of thioether (sulfide) groups is 1. The van der Waals surface area contributed by atoms with Gasteiger partial charge in [-0.3, -0.25) is 0 Å². The van der Waals surface area contributed by atoms with Crippen LogP contribution in [0.15, 0.2) is 54.6 Å². The quantitative estimate of drug-likeness (QED) is 0.476. The van der Waals surface area contributed by atoms with Crippen molar-refractivity contribution in [3.05, 3.63) is 60.2 Å². The van der Waals surface area contributed by atoms with E-state index in [9.17, 15) is 5.11 Å². The highest BCUT2D eigenvalue weighted by atomic mass is 32.2. The first-order chi connectivity index (χ1) is 14.2. The Kier molecular flexibility index (Phi) is 7.92. The summed E-state index contributed by atoms with van der Waals surface area (Å²) in [6.45, 7) is 7.55. The van der Waals surface area contributed by atoms with E-state index in [2.05, 4.69) is 18.7 Å². The van der Waals surface area contributed by atoms with Crippen LogP contribution in [0, 0.1) is 0 Å². The molecule has 29 heavy (non-hydrogen) atoms. The van der Waals surface area contributed by atoms with Crippen molar-refractivity contribution in [2.24, 2.45) is 0 Å². The molecule has 0 aliphatic carbocycles. The fraction of sp³-hybridized carbons (Fsp3) is 0.375. The van der Waals surface area contributed by atoms with E-state index in [1.807, 2.05) is 54.6 Å². The molecule has 0 saturated carbocycles. The molecule has 1 N–H and O–H groups in total. The van der Waals surface area contributed by atoms with Gasteiger partial charge in [-0.15, -0.1) is 0 Å². The van der Waals surface area contributed by atoms with Gasteiger partial charge in [0.05, 0.1) is 24.4 Å². The SMILES string of the molecule is CCN(CC)CCSC[C@@H](O)c1cc(-c2ccccc2)nc2ccc(OC)cc12. The fourth-order valence-corrected chi connectivity index (χ4v) is 4.37. The number of rotatable bonds is 10. The number of hydrogen-bond acceptors (Lipinski definition) is 5. The van der Waals surface area contributed by atoms with E-state index in [1.54, 1.807) is 18.9 Å². The fourth-order valence-electron chi connectivity index (χ4n) is 3.41. The van der Waals surface area contributed by atoms with Gasteiger partial charge in [-0.1, -0.05) is 44.2 Å². The minimum atomic E-state index is -0.559. The Labute approximate surface area is 177 Å². The zero-order valence-electron chi connectivity index (χ0n) is 17.5. The molecular formula is C24H30N2O2S.